The van der Waals surface area contributed by atoms with E-state index in [1.54, 1.807) is 6.07 Å². The van der Waals surface area contributed by atoms with Crippen LogP contribution in [0.3, 0.4) is 0 Å². The number of rotatable bonds is 18. The molecule has 2 heterocycles. The Kier molecular flexibility index (Phi) is 15.9. The molecule has 0 bridgehead atoms. The van der Waals surface area contributed by atoms with Crippen LogP contribution in [0.1, 0.15) is 22.3 Å². The van der Waals surface area contributed by atoms with E-state index in [9.17, 15) is 14.7 Å². The lowest BCUT2D eigenvalue weighted by atomic mass is 10.1. The number of anilines is 2. The first kappa shape index (κ1) is 44.7. The number of ether oxygens (including phenoxy) is 3. The predicted octanol–water partition coefficient (Wildman–Crippen LogP) is 9.75. The van der Waals surface area contributed by atoms with E-state index in [1.165, 1.54) is 19.8 Å². The molecule has 0 aliphatic carbocycles. The Labute approximate surface area is 378 Å². The van der Waals surface area contributed by atoms with Gasteiger partial charge in [0.05, 0.1) is 18.5 Å². The van der Waals surface area contributed by atoms with Crippen LogP contribution < -0.4 is 20.1 Å². The van der Waals surface area contributed by atoms with Crippen LogP contribution in [-0.2, 0) is 40.4 Å². The van der Waals surface area contributed by atoms with E-state index in [2.05, 4.69) is 30.6 Å². The first-order chi connectivity index (χ1) is 31.9. The first-order valence-corrected chi connectivity index (χ1v) is 21.0. The number of carboxylic acid groups (broad SMARTS) is 1. The van der Waals surface area contributed by atoms with E-state index < -0.39 is 18.1 Å². The fraction of sp³-hybridized carbons (Fsp3) is 0.132. The summed E-state index contributed by atoms with van der Waals surface area (Å²) in [6.07, 6.45) is 3.75. The Bertz CT molecular complexity index is 2690. The highest BCUT2D eigenvalue weighted by Gasteiger charge is 2.21. The molecule has 0 unspecified atom stereocenters. The second kappa shape index (κ2) is 23.2. The van der Waals surface area contributed by atoms with Gasteiger partial charge < -0.3 is 30.0 Å². The fourth-order valence-corrected chi connectivity index (χ4v) is 6.71. The number of benzene rings is 6. The summed E-state index contributed by atoms with van der Waals surface area (Å²) >= 11 is 0. The summed E-state index contributed by atoms with van der Waals surface area (Å²) in [5.41, 5.74) is 7.43. The number of esters is 1. The van der Waals surface area contributed by atoms with Crippen LogP contribution in [0, 0.1) is 0 Å². The van der Waals surface area contributed by atoms with E-state index in [1.807, 2.05) is 176 Å². The number of aliphatic carboxylic acids is 1. The molecule has 2 atom stereocenters. The van der Waals surface area contributed by atoms with Crippen molar-refractivity contribution >= 4 is 23.6 Å². The van der Waals surface area contributed by atoms with Gasteiger partial charge in [-0.25, -0.2) is 29.5 Å². The van der Waals surface area contributed by atoms with Crippen molar-refractivity contribution in [3.05, 3.63) is 217 Å². The average Bonchev–Trinajstić information content (AvgIpc) is 3.36. The molecule has 0 radical (unpaired) electrons. The largest absolute Gasteiger partial charge is 0.489 e. The molecule has 0 saturated heterocycles. The summed E-state index contributed by atoms with van der Waals surface area (Å²) in [6.45, 7) is 1.01. The molecule has 3 N–H and O–H groups in total. The SMILES string of the molecule is COC(=O)[C@@H](Cc1ccccc1)Nc1cc(-c2ccc(OCc3ccccc3)cc2)ncn1.O=C(O)[C@@H](Cc1ccccc1)Nc1cc(-c2ccc(OCc3ccccc3)cc2)ncn1. The first-order valence-electron chi connectivity index (χ1n) is 21.0. The third-order valence-corrected chi connectivity index (χ3v) is 10.1. The van der Waals surface area contributed by atoms with Crippen molar-refractivity contribution in [2.24, 2.45) is 0 Å². The van der Waals surface area contributed by atoms with Crippen LogP contribution in [0.4, 0.5) is 11.6 Å². The van der Waals surface area contributed by atoms with Crippen molar-refractivity contribution in [2.75, 3.05) is 17.7 Å². The van der Waals surface area contributed by atoms with E-state index in [0.717, 1.165) is 50.6 Å². The Morgan fingerprint density at radius 1 is 0.492 bits per heavy atom. The van der Waals surface area contributed by atoms with E-state index in [4.69, 9.17) is 14.2 Å². The van der Waals surface area contributed by atoms with Crippen molar-refractivity contribution in [1.29, 1.82) is 0 Å². The summed E-state index contributed by atoms with van der Waals surface area (Å²) in [4.78, 5) is 41.3. The summed E-state index contributed by atoms with van der Waals surface area (Å²) in [5, 5.41) is 15.8. The molecule has 0 fully saturated rings. The topological polar surface area (TPSA) is 158 Å². The average molecular weight is 865 g/mol. The zero-order valence-corrected chi connectivity index (χ0v) is 35.7. The summed E-state index contributed by atoms with van der Waals surface area (Å²) in [6, 6.07) is 56.9. The quantitative estimate of drug-likeness (QED) is 0.0703. The van der Waals surface area contributed by atoms with Crippen molar-refractivity contribution in [3.8, 4) is 34.0 Å². The third-order valence-electron chi connectivity index (χ3n) is 10.1. The number of carbonyl (C=O) groups excluding carboxylic acids is 1. The minimum absolute atomic E-state index is 0.348. The lowest BCUT2D eigenvalue weighted by Crippen LogP contribution is -2.33. The standard InChI is InChI=1S/C27H25N3O3.C26H23N3O3/c1-32-27(31)25(16-20-8-4-2-5-9-20)30-26-17-24(28-19-29-26)22-12-14-23(15-13-22)33-18-21-10-6-3-7-11-21;30-26(31)24(15-19-7-3-1-4-8-19)29-25-16-23(27-18-28-25)21-11-13-22(14-12-21)32-17-20-9-5-2-6-10-20/h2-15,17,19,25H,16,18H2,1H3,(H,28,29,30);1-14,16,18,24H,15,17H2,(H,30,31)(H,27,28,29)/t25-;24-/m11/s1. The zero-order valence-electron chi connectivity index (χ0n) is 35.7. The van der Waals surface area contributed by atoms with Gasteiger partial charge in [0.15, 0.2) is 0 Å². The minimum atomic E-state index is -0.936. The number of aromatic nitrogens is 4. The van der Waals surface area contributed by atoms with Gasteiger partial charge in [-0.3, -0.25) is 0 Å². The Hall–Kier alpha value is -8.38. The van der Waals surface area contributed by atoms with Crippen LogP contribution in [-0.4, -0.2) is 56.2 Å². The highest BCUT2D eigenvalue weighted by molar-refractivity contribution is 5.80. The van der Waals surface area contributed by atoms with Crippen molar-refractivity contribution < 1.29 is 28.9 Å². The molecule has 8 rings (SSSR count). The maximum atomic E-state index is 12.3. The van der Waals surface area contributed by atoms with Gasteiger partial charge in [0.2, 0.25) is 0 Å². The summed E-state index contributed by atoms with van der Waals surface area (Å²) in [7, 11) is 1.38. The van der Waals surface area contributed by atoms with Gasteiger partial charge in [-0.05, 0) is 70.8 Å². The monoisotopic (exact) mass is 864 g/mol. The Balaban J connectivity index is 0.000000194. The van der Waals surface area contributed by atoms with E-state index in [0.29, 0.717) is 43.4 Å². The van der Waals surface area contributed by atoms with Gasteiger partial charge in [0.1, 0.15) is 61.1 Å². The lowest BCUT2D eigenvalue weighted by molar-refractivity contribution is -0.141. The molecule has 0 saturated carbocycles. The van der Waals surface area contributed by atoms with E-state index in [-0.39, 0.29) is 5.97 Å². The van der Waals surface area contributed by atoms with Crippen molar-refractivity contribution in [3.63, 3.8) is 0 Å². The molecule has 6 aromatic carbocycles. The van der Waals surface area contributed by atoms with Crippen LogP contribution in [0.25, 0.3) is 22.5 Å². The molecule has 12 nitrogen and oxygen atoms in total. The van der Waals surface area contributed by atoms with Gasteiger partial charge >= 0.3 is 11.9 Å². The zero-order chi connectivity index (χ0) is 45.1. The third kappa shape index (κ3) is 13.8. The number of hydrogen-bond acceptors (Lipinski definition) is 11. The molecule has 0 aliphatic heterocycles. The molecular formula is C53H48N6O6. The predicted molar refractivity (Wildman–Crippen MR) is 251 cm³/mol. The minimum Gasteiger partial charge on any atom is -0.489 e. The molecule has 65 heavy (non-hydrogen) atoms. The van der Waals surface area contributed by atoms with Crippen LogP contribution in [0.2, 0.25) is 0 Å². The number of nitrogens with one attached hydrogen (secondary N) is 2. The smallest absolute Gasteiger partial charge is 0.328 e. The molecule has 0 aliphatic rings. The molecule has 0 spiro atoms. The van der Waals surface area contributed by atoms with Gasteiger partial charge in [-0.2, -0.15) is 0 Å². The fourth-order valence-electron chi connectivity index (χ4n) is 6.71. The molecule has 0 amide bonds. The normalized spacial score (nSPS) is 11.5. The molecule has 326 valence electrons. The van der Waals surface area contributed by atoms with Crippen LogP contribution in [0.15, 0.2) is 195 Å². The summed E-state index contributed by atoms with van der Waals surface area (Å²) < 4.78 is 16.7. The number of carbonyl (C=O) groups is 2. The maximum absolute atomic E-state index is 12.3. The highest BCUT2D eigenvalue weighted by Crippen LogP contribution is 2.25. The van der Waals surface area contributed by atoms with Crippen molar-refractivity contribution in [1.82, 2.24) is 19.9 Å². The molecule has 2 aromatic heterocycles. The number of carboxylic acids is 1. The van der Waals surface area contributed by atoms with Crippen LogP contribution >= 0.6 is 0 Å². The molecule has 8 aromatic rings. The number of methoxy groups -OCH3 is 1. The second-order valence-corrected chi connectivity index (χ2v) is 14.8. The highest BCUT2D eigenvalue weighted by atomic mass is 16.5. The lowest BCUT2D eigenvalue weighted by Gasteiger charge is -2.17. The summed E-state index contributed by atoms with van der Waals surface area (Å²) in [5.74, 6) is 1.27. The maximum Gasteiger partial charge on any atom is 0.328 e. The second-order valence-electron chi connectivity index (χ2n) is 14.8. The number of hydrogen-bond donors (Lipinski definition) is 3. The Morgan fingerprint density at radius 2 is 0.862 bits per heavy atom. The van der Waals surface area contributed by atoms with Crippen molar-refractivity contribution in [2.45, 2.75) is 38.1 Å². The van der Waals surface area contributed by atoms with Gasteiger partial charge in [-0.15, -0.1) is 0 Å². The Morgan fingerprint density at radius 3 is 1.25 bits per heavy atom. The molecular weight excluding hydrogens is 817 g/mol. The van der Waals surface area contributed by atoms with Gasteiger partial charge in [0, 0.05) is 36.1 Å². The molecule has 12 heteroatoms. The van der Waals surface area contributed by atoms with Crippen LogP contribution in [0.5, 0.6) is 11.5 Å². The number of nitrogens with zero attached hydrogens (tertiary/aromatic N) is 4. The van der Waals surface area contributed by atoms with E-state index >= 15 is 0 Å². The van der Waals surface area contributed by atoms with Gasteiger partial charge in [0.25, 0.3) is 0 Å². The van der Waals surface area contributed by atoms with Gasteiger partial charge in [-0.1, -0.05) is 121 Å².